The van der Waals surface area contributed by atoms with Crippen LogP contribution in [0.1, 0.15) is 31.7 Å². The van der Waals surface area contributed by atoms with Gasteiger partial charge in [-0.15, -0.1) is 24.0 Å². The fraction of sp³-hybridized carbons (Fsp3) is 0.600. The van der Waals surface area contributed by atoms with Crippen LogP contribution in [0.5, 0.6) is 0 Å². The third-order valence-corrected chi connectivity index (χ3v) is 6.45. The standard InChI is InChI=1S/C20H31N3O4S.HI/c1-3-27-19(24)18-10-13-23(14-11-18)20(21-2)22-12-7-15-28(25,26)16-17-8-5-4-6-9-17;/h4-6,8-9,18H,3,7,10-16H2,1-2H3,(H,21,22);1H. The van der Waals surface area contributed by atoms with Gasteiger partial charge in [0.25, 0.3) is 0 Å². The number of rotatable bonds is 8. The quantitative estimate of drug-likeness (QED) is 0.180. The molecule has 29 heavy (non-hydrogen) atoms. The first-order valence-electron chi connectivity index (χ1n) is 9.81. The molecule has 0 aromatic heterocycles. The average Bonchev–Trinajstić information content (AvgIpc) is 2.69. The number of esters is 1. The lowest BCUT2D eigenvalue weighted by Gasteiger charge is -2.33. The van der Waals surface area contributed by atoms with E-state index in [9.17, 15) is 13.2 Å². The Kier molecular flexibility index (Phi) is 11.6. The van der Waals surface area contributed by atoms with E-state index in [0.717, 1.165) is 37.5 Å². The van der Waals surface area contributed by atoms with Gasteiger partial charge in [-0.1, -0.05) is 30.3 Å². The Morgan fingerprint density at radius 2 is 1.90 bits per heavy atom. The number of guanidine groups is 1. The van der Waals surface area contributed by atoms with Crippen molar-refractivity contribution in [2.75, 3.05) is 39.0 Å². The first-order chi connectivity index (χ1) is 13.4. The lowest BCUT2D eigenvalue weighted by atomic mass is 9.97. The Bertz CT molecular complexity index is 748. The van der Waals surface area contributed by atoms with E-state index in [1.54, 1.807) is 7.05 Å². The minimum atomic E-state index is -3.13. The van der Waals surface area contributed by atoms with Crippen molar-refractivity contribution in [2.45, 2.75) is 31.9 Å². The normalized spacial score (nSPS) is 15.5. The maximum absolute atomic E-state index is 12.3. The molecule has 1 heterocycles. The van der Waals surface area contributed by atoms with Gasteiger partial charge in [-0.05, 0) is 31.7 Å². The molecule has 7 nitrogen and oxygen atoms in total. The highest BCUT2D eigenvalue weighted by Gasteiger charge is 2.27. The van der Waals surface area contributed by atoms with Crippen LogP contribution in [0.3, 0.4) is 0 Å². The first kappa shape index (κ1) is 25.7. The number of hydrogen-bond donors (Lipinski definition) is 1. The summed E-state index contributed by atoms with van der Waals surface area (Å²) in [5, 5.41) is 3.24. The first-order valence-corrected chi connectivity index (χ1v) is 11.6. The molecular weight excluding hydrogens is 505 g/mol. The molecule has 0 radical (unpaired) electrons. The summed E-state index contributed by atoms with van der Waals surface area (Å²) in [7, 11) is -1.42. The molecule has 0 aliphatic carbocycles. The van der Waals surface area contributed by atoms with Crippen LogP contribution in [0.2, 0.25) is 0 Å². The Morgan fingerprint density at radius 3 is 2.48 bits per heavy atom. The second-order valence-corrected chi connectivity index (χ2v) is 9.10. The number of benzene rings is 1. The molecule has 164 valence electrons. The van der Waals surface area contributed by atoms with E-state index in [1.165, 1.54) is 0 Å². The predicted molar refractivity (Wildman–Crippen MR) is 126 cm³/mol. The van der Waals surface area contributed by atoms with E-state index >= 15 is 0 Å². The van der Waals surface area contributed by atoms with Crippen molar-refractivity contribution in [3.05, 3.63) is 35.9 Å². The number of likely N-dealkylation sites (tertiary alicyclic amines) is 1. The van der Waals surface area contributed by atoms with Gasteiger partial charge in [0.1, 0.15) is 0 Å². The number of nitrogens with one attached hydrogen (secondary N) is 1. The van der Waals surface area contributed by atoms with Crippen LogP contribution in [0.25, 0.3) is 0 Å². The second kappa shape index (κ2) is 13.0. The number of carbonyl (C=O) groups excluding carboxylic acids is 1. The Morgan fingerprint density at radius 1 is 1.24 bits per heavy atom. The predicted octanol–water partition coefficient (Wildman–Crippen LogP) is 2.46. The van der Waals surface area contributed by atoms with Crippen molar-refractivity contribution in [3.8, 4) is 0 Å². The van der Waals surface area contributed by atoms with Gasteiger partial charge in [-0.3, -0.25) is 9.79 Å². The van der Waals surface area contributed by atoms with Crippen molar-refractivity contribution in [3.63, 3.8) is 0 Å². The van der Waals surface area contributed by atoms with E-state index in [0.29, 0.717) is 19.6 Å². The van der Waals surface area contributed by atoms with Crippen LogP contribution < -0.4 is 5.32 Å². The average molecular weight is 537 g/mol. The summed E-state index contributed by atoms with van der Waals surface area (Å²) in [5.41, 5.74) is 0.815. The molecule has 1 N–H and O–H groups in total. The summed E-state index contributed by atoms with van der Waals surface area (Å²) in [4.78, 5) is 18.2. The molecule has 2 rings (SSSR count). The van der Waals surface area contributed by atoms with Gasteiger partial charge in [0.15, 0.2) is 15.8 Å². The molecule has 1 fully saturated rings. The smallest absolute Gasteiger partial charge is 0.309 e. The zero-order chi connectivity index (χ0) is 20.4. The van der Waals surface area contributed by atoms with Gasteiger partial charge < -0.3 is 15.0 Å². The second-order valence-electron chi connectivity index (χ2n) is 6.92. The fourth-order valence-electron chi connectivity index (χ4n) is 3.31. The molecule has 1 aromatic rings. The van der Waals surface area contributed by atoms with Crippen molar-refractivity contribution in [2.24, 2.45) is 10.9 Å². The monoisotopic (exact) mass is 537 g/mol. The van der Waals surface area contributed by atoms with Crippen LogP contribution in [0.15, 0.2) is 35.3 Å². The van der Waals surface area contributed by atoms with E-state index in [1.807, 2.05) is 37.3 Å². The molecule has 1 saturated heterocycles. The van der Waals surface area contributed by atoms with Crippen molar-refractivity contribution in [1.29, 1.82) is 0 Å². The molecule has 0 unspecified atom stereocenters. The number of halogens is 1. The Balaban J connectivity index is 0.00000420. The summed E-state index contributed by atoms with van der Waals surface area (Å²) in [6, 6.07) is 9.24. The third-order valence-electron chi connectivity index (χ3n) is 4.77. The Labute approximate surface area is 191 Å². The number of ether oxygens (including phenoxy) is 1. The Hall–Kier alpha value is -1.36. The van der Waals surface area contributed by atoms with Crippen LogP contribution in [0.4, 0.5) is 0 Å². The van der Waals surface area contributed by atoms with Gasteiger partial charge >= 0.3 is 5.97 Å². The minimum absolute atomic E-state index is 0. The SMILES string of the molecule is CCOC(=O)C1CCN(C(=NC)NCCCS(=O)(=O)Cc2ccccc2)CC1.I. The molecule has 1 aliphatic heterocycles. The molecular formula is C20H32IN3O4S. The fourth-order valence-corrected chi connectivity index (χ4v) is 4.74. The van der Waals surface area contributed by atoms with Gasteiger partial charge in [-0.25, -0.2) is 8.42 Å². The zero-order valence-electron chi connectivity index (χ0n) is 17.2. The van der Waals surface area contributed by atoms with Crippen molar-refractivity contribution in [1.82, 2.24) is 10.2 Å². The van der Waals surface area contributed by atoms with Crippen LogP contribution >= 0.6 is 24.0 Å². The summed E-state index contributed by atoms with van der Waals surface area (Å²) in [6.07, 6.45) is 2.00. The van der Waals surface area contributed by atoms with E-state index in [4.69, 9.17) is 4.74 Å². The number of aliphatic imine (C=N–C) groups is 1. The van der Waals surface area contributed by atoms with Gasteiger partial charge in [-0.2, -0.15) is 0 Å². The zero-order valence-corrected chi connectivity index (χ0v) is 20.3. The number of piperidine rings is 1. The van der Waals surface area contributed by atoms with Crippen LogP contribution in [-0.4, -0.2) is 64.3 Å². The van der Waals surface area contributed by atoms with E-state index in [-0.39, 0.29) is 47.4 Å². The summed E-state index contributed by atoms with van der Waals surface area (Å²) < 4.78 is 29.6. The largest absolute Gasteiger partial charge is 0.466 e. The molecule has 0 amide bonds. The lowest BCUT2D eigenvalue weighted by molar-refractivity contribution is -0.149. The van der Waals surface area contributed by atoms with Crippen LogP contribution in [0, 0.1) is 5.92 Å². The summed E-state index contributed by atoms with van der Waals surface area (Å²) in [5.74, 6) is 0.801. The number of nitrogens with zero attached hydrogens (tertiary/aromatic N) is 2. The van der Waals surface area contributed by atoms with E-state index < -0.39 is 9.84 Å². The number of hydrogen-bond acceptors (Lipinski definition) is 5. The van der Waals surface area contributed by atoms with Crippen molar-refractivity contribution < 1.29 is 17.9 Å². The van der Waals surface area contributed by atoms with Gasteiger partial charge in [0.05, 0.1) is 24.0 Å². The van der Waals surface area contributed by atoms with Crippen LogP contribution in [-0.2, 0) is 25.1 Å². The maximum atomic E-state index is 12.3. The highest BCUT2D eigenvalue weighted by atomic mass is 127. The summed E-state index contributed by atoms with van der Waals surface area (Å²) in [6.45, 7) is 4.23. The number of sulfone groups is 1. The molecule has 9 heteroatoms. The van der Waals surface area contributed by atoms with Crippen molar-refractivity contribution >= 4 is 45.7 Å². The van der Waals surface area contributed by atoms with Gasteiger partial charge in [0, 0.05) is 26.7 Å². The van der Waals surface area contributed by atoms with E-state index in [2.05, 4.69) is 15.2 Å². The summed E-state index contributed by atoms with van der Waals surface area (Å²) >= 11 is 0. The minimum Gasteiger partial charge on any atom is -0.466 e. The molecule has 0 bridgehead atoms. The van der Waals surface area contributed by atoms with Gasteiger partial charge in [0.2, 0.25) is 0 Å². The highest BCUT2D eigenvalue weighted by molar-refractivity contribution is 14.0. The topological polar surface area (TPSA) is 88.1 Å². The maximum Gasteiger partial charge on any atom is 0.309 e. The third kappa shape index (κ3) is 8.90. The highest BCUT2D eigenvalue weighted by Crippen LogP contribution is 2.18. The molecule has 0 atom stereocenters. The molecule has 0 saturated carbocycles. The lowest BCUT2D eigenvalue weighted by Crippen LogP contribution is -2.47. The molecule has 1 aromatic carbocycles. The number of carbonyl (C=O) groups is 1. The molecule has 0 spiro atoms. The molecule has 1 aliphatic rings.